The fourth-order valence-corrected chi connectivity index (χ4v) is 2.76. The number of carbonyl (C=O) groups is 1. The first-order valence-electron chi connectivity index (χ1n) is 7.13. The van der Waals surface area contributed by atoms with E-state index in [1.54, 1.807) is 11.8 Å². The second kappa shape index (κ2) is 7.77. The summed E-state index contributed by atoms with van der Waals surface area (Å²) in [7, 11) is 0. The molecule has 5 nitrogen and oxygen atoms in total. The van der Waals surface area contributed by atoms with Crippen molar-refractivity contribution in [1.29, 1.82) is 0 Å². The molecule has 21 heavy (non-hydrogen) atoms. The van der Waals surface area contributed by atoms with Crippen LogP contribution in [0.25, 0.3) is 0 Å². The summed E-state index contributed by atoms with van der Waals surface area (Å²) in [5, 5.41) is 0. The lowest BCUT2D eigenvalue weighted by Crippen LogP contribution is -2.46. The summed E-state index contributed by atoms with van der Waals surface area (Å²) in [6.07, 6.45) is 0.306. The van der Waals surface area contributed by atoms with E-state index in [-0.39, 0.29) is 5.91 Å². The number of ether oxygens (including phenoxy) is 2. The van der Waals surface area contributed by atoms with Crippen molar-refractivity contribution in [2.75, 3.05) is 32.8 Å². The van der Waals surface area contributed by atoms with Crippen LogP contribution in [0, 0.1) is 0 Å². The third kappa shape index (κ3) is 4.43. The Balaban J connectivity index is 1.98. The molecular weight excluding hydrogens is 336 g/mol. The fraction of sp³-hybridized carbons (Fsp3) is 0.533. The molecular formula is C15H21BrN2O3. The number of benzene rings is 1. The molecule has 2 N–H and O–H groups in total. The van der Waals surface area contributed by atoms with Gasteiger partial charge in [0, 0.05) is 13.1 Å². The number of halogens is 1. The Morgan fingerprint density at radius 3 is 2.81 bits per heavy atom. The minimum atomic E-state index is -0.514. The number of hydrogen-bond acceptors (Lipinski definition) is 4. The van der Waals surface area contributed by atoms with E-state index in [4.69, 9.17) is 15.2 Å². The van der Waals surface area contributed by atoms with E-state index < -0.39 is 6.10 Å². The largest absolute Gasteiger partial charge is 0.480 e. The van der Waals surface area contributed by atoms with Gasteiger partial charge >= 0.3 is 0 Å². The van der Waals surface area contributed by atoms with Crippen LogP contribution >= 0.6 is 15.9 Å². The standard InChI is InChI=1S/C15H21BrN2O3/c1-11(15(19)18-6-8-20-9-7-18)21-14-3-2-12(4-5-17)10-13(14)16/h2-3,10-11H,4-9,17H2,1H3. The highest BCUT2D eigenvalue weighted by atomic mass is 79.9. The molecule has 1 amide bonds. The Hall–Kier alpha value is -1.11. The van der Waals surface area contributed by atoms with Gasteiger partial charge in [-0.2, -0.15) is 0 Å². The molecule has 116 valence electrons. The van der Waals surface area contributed by atoms with Crippen molar-refractivity contribution in [2.24, 2.45) is 5.73 Å². The van der Waals surface area contributed by atoms with Gasteiger partial charge in [0.15, 0.2) is 6.10 Å². The SMILES string of the molecule is CC(Oc1ccc(CCN)cc1Br)C(=O)N1CCOCC1. The van der Waals surface area contributed by atoms with Crippen LogP contribution in [0.4, 0.5) is 0 Å². The Kier molecular flexibility index (Phi) is 6.02. The minimum absolute atomic E-state index is 0.00349. The second-order valence-electron chi connectivity index (χ2n) is 5.00. The molecule has 1 aliphatic heterocycles. The molecule has 1 heterocycles. The maximum absolute atomic E-state index is 12.3. The van der Waals surface area contributed by atoms with E-state index >= 15 is 0 Å². The summed E-state index contributed by atoms with van der Waals surface area (Å²) in [6.45, 7) is 4.83. The van der Waals surface area contributed by atoms with Crippen molar-refractivity contribution in [1.82, 2.24) is 4.90 Å². The van der Waals surface area contributed by atoms with E-state index in [1.165, 1.54) is 0 Å². The Bertz CT molecular complexity index is 490. The smallest absolute Gasteiger partial charge is 0.263 e. The summed E-state index contributed by atoms with van der Waals surface area (Å²) < 4.78 is 11.9. The van der Waals surface area contributed by atoms with Gasteiger partial charge < -0.3 is 20.1 Å². The van der Waals surface area contributed by atoms with Crippen molar-refractivity contribution in [3.05, 3.63) is 28.2 Å². The highest BCUT2D eigenvalue weighted by molar-refractivity contribution is 9.10. The van der Waals surface area contributed by atoms with Crippen LogP contribution in [0.2, 0.25) is 0 Å². The topological polar surface area (TPSA) is 64.8 Å². The van der Waals surface area contributed by atoms with Gasteiger partial charge in [0.05, 0.1) is 17.7 Å². The molecule has 0 saturated carbocycles. The third-order valence-corrected chi connectivity index (χ3v) is 4.02. The van der Waals surface area contributed by atoms with Crippen LogP contribution < -0.4 is 10.5 Å². The third-order valence-electron chi connectivity index (χ3n) is 3.40. The van der Waals surface area contributed by atoms with Crippen molar-refractivity contribution >= 4 is 21.8 Å². The van der Waals surface area contributed by atoms with E-state index in [9.17, 15) is 4.79 Å². The zero-order chi connectivity index (χ0) is 15.2. The first-order valence-corrected chi connectivity index (χ1v) is 7.93. The van der Waals surface area contributed by atoms with E-state index in [0.29, 0.717) is 38.6 Å². The van der Waals surface area contributed by atoms with Gasteiger partial charge in [-0.1, -0.05) is 6.07 Å². The van der Waals surface area contributed by atoms with Gasteiger partial charge in [0.1, 0.15) is 5.75 Å². The molecule has 2 rings (SSSR count). The number of morpholine rings is 1. The van der Waals surface area contributed by atoms with Crippen molar-refractivity contribution in [3.63, 3.8) is 0 Å². The Morgan fingerprint density at radius 2 is 2.19 bits per heavy atom. The highest BCUT2D eigenvalue weighted by Gasteiger charge is 2.24. The number of hydrogen-bond donors (Lipinski definition) is 1. The molecule has 1 aliphatic rings. The lowest BCUT2D eigenvalue weighted by atomic mass is 10.1. The van der Waals surface area contributed by atoms with Gasteiger partial charge in [-0.05, 0) is 53.5 Å². The van der Waals surface area contributed by atoms with E-state index in [0.717, 1.165) is 16.5 Å². The molecule has 1 aromatic carbocycles. The van der Waals surface area contributed by atoms with Crippen LogP contribution in [-0.4, -0.2) is 49.8 Å². The maximum Gasteiger partial charge on any atom is 0.263 e. The molecule has 1 atom stereocenters. The first kappa shape index (κ1) is 16.3. The van der Waals surface area contributed by atoms with E-state index in [2.05, 4.69) is 15.9 Å². The molecule has 1 fully saturated rings. The molecule has 1 aromatic rings. The number of amides is 1. The van der Waals surface area contributed by atoms with Gasteiger partial charge in [-0.25, -0.2) is 0 Å². The predicted octanol–water partition coefficient (Wildman–Crippen LogP) is 1.58. The molecule has 0 aliphatic carbocycles. The molecule has 6 heteroatoms. The van der Waals surface area contributed by atoms with Gasteiger partial charge in [-0.3, -0.25) is 4.79 Å². The molecule has 0 spiro atoms. The van der Waals surface area contributed by atoms with Crippen LogP contribution in [0.15, 0.2) is 22.7 Å². The van der Waals surface area contributed by atoms with Crippen LogP contribution in [-0.2, 0) is 16.0 Å². The van der Waals surface area contributed by atoms with Crippen molar-refractivity contribution in [3.8, 4) is 5.75 Å². The van der Waals surface area contributed by atoms with Crippen molar-refractivity contribution in [2.45, 2.75) is 19.4 Å². The number of carbonyl (C=O) groups excluding carboxylic acids is 1. The van der Waals surface area contributed by atoms with Gasteiger partial charge in [-0.15, -0.1) is 0 Å². The summed E-state index contributed by atoms with van der Waals surface area (Å²) in [6, 6.07) is 5.82. The molecule has 0 radical (unpaired) electrons. The molecule has 0 bridgehead atoms. The average Bonchev–Trinajstić information content (AvgIpc) is 2.50. The second-order valence-corrected chi connectivity index (χ2v) is 5.86. The van der Waals surface area contributed by atoms with Crippen LogP contribution in [0.1, 0.15) is 12.5 Å². The van der Waals surface area contributed by atoms with Crippen molar-refractivity contribution < 1.29 is 14.3 Å². The summed E-state index contributed by atoms with van der Waals surface area (Å²) in [5.41, 5.74) is 6.69. The van der Waals surface area contributed by atoms with Gasteiger partial charge in [0.25, 0.3) is 5.91 Å². The zero-order valence-corrected chi connectivity index (χ0v) is 13.8. The number of nitrogens with two attached hydrogens (primary N) is 1. The lowest BCUT2D eigenvalue weighted by Gasteiger charge is -2.29. The summed E-state index contributed by atoms with van der Waals surface area (Å²) >= 11 is 3.48. The quantitative estimate of drug-likeness (QED) is 0.869. The number of rotatable bonds is 5. The van der Waals surface area contributed by atoms with Crippen LogP contribution in [0.5, 0.6) is 5.75 Å². The molecule has 1 saturated heterocycles. The lowest BCUT2D eigenvalue weighted by molar-refractivity contribution is -0.142. The van der Waals surface area contributed by atoms with Gasteiger partial charge in [0.2, 0.25) is 0 Å². The Morgan fingerprint density at radius 1 is 1.48 bits per heavy atom. The summed E-state index contributed by atoms with van der Waals surface area (Å²) in [4.78, 5) is 14.1. The average molecular weight is 357 g/mol. The highest BCUT2D eigenvalue weighted by Crippen LogP contribution is 2.27. The first-order chi connectivity index (χ1) is 10.1. The monoisotopic (exact) mass is 356 g/mol. The minimum Gasteiger partial charge on any atom is -0.480 e. The maximum atomic E-state index is 12.3. The number of nitrogens with zero attached hydrogens (tertiary/aromatic N) is 1. The molecule has 0 aromatic heterocycles. The fourth-order valence-electron chi connectivity index (χ4n) is 2.24. The van der Waals surface area contributed by atoms with E-state index in [1.807, 2.05) is 18.2 Å². The zero-order valence-electron chi connectivity index (χ0n) is 12.2. The normalized spacial score (nSPS) is 16.6. The summed E-state index contributed by atoms with van der Waals surface area (Å²) in [5.74, 6) is 0.668. The van der Waals surface area contributed by atoms with Crippen LogP contribution in [0.3, 0.4) is 0 Å². The predicted molar refractivity (Wildman–Crippen MR) is 84.4 cm³/mol. The Labute approximate surface area is 133 Å². The molecule has 1 unspecified atom stereocenters.